The van der Waals surface area contributed by atoms with E-state index in [2.05, 4.69) is 51.3 Å². The molecule has 3 rings (SSSR count). The molecule has 0 radical (unpaired) electrons. The fourth-order valence-electron chi connectivity index (χ4n) is 2.45. The van der Waals surface area contributed by atoms with E-state index in [4.69, 9.17) is 0 Å². The number of hydrogen-bond donors (Lipinski definition) is 1. The number of amides is 1. The Labute approximate surface area is 117 Å². The van der Waals surface area contributed by atoms with Crippen molar-refractivity contribution in [3.63, 3.8) is 0 Å². The molecule has 1 saturated heterocycles. The minimum atomic E-state index is -0.0774. The number of H-pyrrole nitrogens is 1. The molecule has 1 fully saturated rings. The largest absolute Gasteiger partial charge is 0.368 e. The molecule has 2 aromatic rings. The van der Waals surface area contributed by atoms with Gasteiger partial charge in [-0.15, -0.1) is 0 Å². The van der Waals surface area contributed by atoms with E-state index < -0.39 is 0 Å². The number of benzene rings is 1. The van der Waals surface area contributed by atoms with E-state index >= 15 is 0 Å². The molecule has 1 N–H and O–H groups in total. The fraction of sp³-hybridized carbons (Fsp3) is 0.357. The highest BCUT2D eigenvalue weighted by Crippen LogP contribution is 2.18. The van der Waals surface area contributed by atoms with Gasteiger partial charge in [-0.1, -0.05) is 12.1 Å². The lowest BCUT2D eigenvalue weighted by Gasteiger charge is -2.35. The Hall–Kier alpha value is -2.37. The van der Waals surface area contributed by atoms with Crippen LogP contribution in [0.25, 0.3) is 0 Å². The van der Waals surface area contributed by atoms with E-state index in [-0.39, 0.29) is 5.91 Å². The van der Waals surface area contributed by atoms with Crippen molar-refractivity contribution in [3.8, 4) is 0 Å². The van der Waals surface area contributed by atoms with Gasteiger partial charge in [0.15, 0.2) is 0 Å². The third-order valence-electron chi connectivity index (χ3n) is 3.55. The summed E-state index contributed by atoms with van der Waals surface area (Å²) in [5.74, 6) is 0.236. The zero-order chi connectivity index (χ0) is 13.9. The SMILES string of the molecule is Cc1cccc(N2CCN(C(=O)c3ncn[nH]3)CC2)c1. The molecule has 0 spiro atoms. The van der Waals surface area contributed by atoms with Gasteiger partial charge < -0.3 is 9.80 Å². The number of hydrogen-bond acceptors (Lipinski definition) is 4. The van der Waals surface area contributed by atoms with Crippen LogP contribution in [0.4, 0.5) is 5.69 Å². The standard InChI is InChI=1S/C14H17N5O/c1-11-3-2-4-12(9-11)18-5-7-19(8-6-18)14(20)13-15-10-16-17-13/h2-4,9-10H,5-8H2,1H3,(H,15,16,17). The van der Waals surface area contributed by atoms with E-state index in [0.717, 1.165) is 13.1 Å². The number of nitrogens with one attached hydrogen (secondary N) is 1. The van der Waals surface area contributed by atoms with E-state index in [9.17, 15) is 4.79 Å². The first-order valence-electron chi connectivity index (χ1n) is 6.70. The molecule has 0 bridgehead atoms. The highest BCUT2D eigenvalue weighted by Gasteiger charge is 2.23. The first-order chi connectivity index (χ1) is 9.74. The van der Waals surface area contributed by atoms with Gasteiger partial charge in [-0.3, -0.25) is 9.89 Å². The Morgan fingerprint density at radius 3 is 2.70 bits per heavy atom. The highest BCUT2D eigenvalue weighted by molar-refractivity contribution is 5.90. The van der Waals surface area contributed by atoms with Crippen LogP contribution in [0.5, 0.6) is 0 Å². The lowest BCUT2D eigenvalue weighted by atomic mass is 10.2. The Morgan fingerprint density at radius 1 is 1.25 bits per heavy atom. The number of aromatic amines is 1. The Morgan fingerprint density at radius 2 is 2.05 bits per heavy atom. The van der Waals surface area contributed by atoms with Gasteiger partial charge in [0.1, 0.15) is 6.33 Å². The summed E-state index contributed by atoms with van der Waals surface area (Å²) in [5.41, 5.74) is 2.47. The molecule has 6 nitrogen and oxygen atoms in total. The average molecular weight is 271 g/mol. The van der Waals surface area contributed by atoms with Crippen molar-refractivity contribution >= 4 is 11.6 Å². The summed E-state index contributed by atoms with van der Waals surface area (Å²) in [7, 11) is 0. The smallest absolute Gasteiger partial charge is 0.291 e. The molecule has 0 atom stereocenters. The van der Waals surface area contributed by atoms with Crippen molar-refractivity contribution in [2.75, 3.05) is 31.1 Å². The van der Waals surface area contributed by atoms with E-state index in [1.807, 2.05) is 4.90 Å². The van der Waals surface area contributed by atoms with Crippen molar-refractivity contribution in [3.05, 3.63) is 42.0 Å². The molecule has 2 heterocycles. The van der Waals surface area contributed by atoms with Crippen LogP contribution in [0.3, 0.4) is 0 Å². The maximum atomic E-state index is 12.1. The number of carbonyl (C=O) groups is 1. The Bertz CT molecular complexity index is 587. The molecular formula is C14H17N5O. The van der Waals surface area contributed by atoms with E-state index in [1.165, 1.54) is 17.6 Å². The molecule has 1 aliphatic rings. The maximum absolute atomic E-state index is 12.1. The second-order valence-corrected chi connectivity index (χ2v) is 4.95. The normalized spacial score (nSPS) is 15.4. The molecule has 104 valence electrons. The lowest BCUT2D eigenvalue weighted by molar-refractivity contribution is 0.0735. The zero-order valence-electron chi connectivity index (χ0n) is 11.4. The Balaban J connectivity index is 1.64. The van der Waals surface area contributed by atoms with Crippen molar-refractivity contribution in [2.45, 2.75) is 6.92 Å². The molecule has 0 saturated carbocycles. The summed E-state index contributed by atoms with van der Waals surface area (Å²) in [4.78, 5) is 20.2. The number of carbonyl (C=O) groups excluding carboxylic acids is 1. The molecule has 20 heavy (non-hydrogen) atoms. The van der Waals surface area contributed by atoms with Gasteiger partial charge in [-0.05, 0) is 24.6 Å². The van der Waals surface area contributed by atoms with Crippen LogP contribution in [-0.2, 0) is 0 Å². The van der Waals surface area contributed by atoms with Crippen LogP contribution in [0.1, 0.15) is 16.2 Å². The first-order valence-corrected chi connectivity index (χ1v) is 6.70. The number of aryl methyl sites for hydroxylation is 1. The predicted octanol–water partition coefficient (Wildman–Crippen LogP) is 1.08. The fourth-order valence-corrected chi connectivity index (χ4v) is 2.45. The van der Waals surface area contributed by atoms with Crippen LogP contribution >= 0.6 is 0 Å². The second-order valence-electron chi connectivity index (χ2n) is 4.95. The molecular weight excluding hydrogens is 254 g/mol. The number of aromatic nitrogens is 3. The minimum absolute atomic E-state index is 0.0774. The molecule has 1 aromatic carbocycles. The third-order valence-corrected chi connectivity index (χ3v) is 3.55. The number of rotatable bonds is 2. The van der Waals surface area contributed by atoms with Crippen molar-refractivity contribution in [1.82, 2.24) is 20.1 Å². The van der Waals surface area contributed by atoms with Crippen molar-refractivity contribution < 1.29 is 4.79 Å². The van der Waals surface area contributed by atoms with Gasteiger partial charge in [0.05, 0.1) is 0 Å². The van der Waals surface area contributed by atoms with Gasteiger partial charge in [-0.25, -0.2) is 4.98 Å². The highest BCUT2D eigenvalue weighted by atomic mass is 16.2. The molecule has 6 heteroatoms. The van der Waals surface area contributed by atoms with E-state index in [1.54, 1.807) is 0 Å². The number of piperazine rings is 1. The quantitative estimate of drug-likeness (QED) is 0.887. The summed E-state index contributed by atoms with van der Waals surface area (Å²) in [6, 6.07) is 8.44. The average Bonchev–Trinajstić information content (AvgIpc) is 3.01. The molecule has 1 amide bonds. The third kappa shape index (κ3) is 2.49. The van der Waals surface area contributed by atoms with Gasteiger partial charge in [0.25, 0.3) is 5.91 Å². The van der Waals surface area contributed by atoms with Gasteiger partial charge in [0, 0.05) is 31.9 Å². The second kappa shape index (κ2) is 5.32. The minimum Gasteiger partial charge on any atom is -0.368 e. The summed E-state index contributed by atoms with van der Waals surface area (Å²) in [6.45, 7) is 5.17. The van der Waals surface area contributed by atoms with Crippen molar-refractivity contribution in [1.29, 1.82) is 0 Å². The monoisotopic (exact) mass is 271 g/mol. The van der Waals surface area contributed by atoms with Crippen LogP contribution in [0, 0.1) is 6.92 Å². The van der Waals surface area contributed by atoms with Crippen LogP contribution in [0.2, 0.25) is 0 Å². The van der Waals surface area contributed by atoms with E-state index in [0.29, 0.717) is 18.9 Å². The van der Waals surface area contributed by atoms with Gasteiger partial charge in [-0.2, -0.15) is 5.10 Å². The van der Waals surface area contributed by atoms with Crippen LogP contribution in [-0.4, -0.2) is 52.2 Å². The summed E-state index contributed by atoms with van der Waals surface area (Å²) < 4.78 is 0. The summed E-state index contributed by atoms with van der Waals surface area (Å²) >= 11 is 0. The Kier molecular flexibility index (Phi) is 3.37. The first kappa shape index (κ1) is 12.7. The topological polar surface area (TPSA) is 65.1 Å². The zero-order valence-corrected chi connectivity index (χ0v) is 11.4. The number of anilines is 1. The lowest BCUT2D eigenvalue weighted by Crippen LogP contribution is -2.49. The molecule has 1 aromatic heterocycles. The summed E-state index contributed by atoms with van der Waals surface area (Å²) in [5, 5.41) is 6.33. The van der Waals surface area contributed by atoms with Gasteiger partial charge in [0.2, 0.25) is 5.82 Å². The van der Waals surface area contributed by atoms with Gasteiger partial charge >= 0.3 is 0 Å². The van der Waals surface area contributed by atoms with Crippen molar-refractivity contribution in [2.24, 2.45) is 0 Å². The predicted molar refractivity (Wildman–Crippen MR) is 75.7 cm³/mol. The molecule has 0 unspecified atom stereocenters. The molecule has 0 aliphatic carbocycles. The molecule has 1 aliphatic heterocycles. The van der Waals surface area contributed by atoms with Crippen LogP contribution in [0.15, 0.2) is 30.6 Å². The number of nitrogens with zero attached hydrogens (tertiary/aromatic N) is 4. The summed E-state index contributed by atoms with van der Waals surface area (Å²) in [6.07, 6.45) is 1.36. The van der Waals surface area contributed by atoms with Crippen LogP contribution < -0.4 is 4.90 Å². The maximum Gasteiger partial charge on any atom is 0.291 e.